The number of amides is 1. The van der Waals surface area contributed by atoms with Gasteiger partial charge in [-0.15, -0.1) is 0 Å². The summed E-state index contributed by atoms with van der Waals surface area (Å²) in [5.74, 6) is 0.604. The summed E-state index contributed by atoms with van der Waals surface area (Å²) in [6, 6.07) is 4.73. The maximum Gasteiger partial charge on any atom is 0.410 e. The molecule has 2 aromatic carbocycles. The molecule has 11 nitrogen and oxygen atoms in total. The van der Waals surface area contributed by atoms with E-state index in [1.807, 2.05) is 31.7 Å². The quantitative estimate of drug-likeness (QED) is 0.221. The molecule has 2 aromatic heterocycles. The zero-order chi connectivity index (χ0) is 34.7. The highest BCUT2D eigenvalue weighted by molar-refractivity contribution is 6.37. The molecule has 4 atom stereocenters. The van der Waals surface area contributed by atoms with Gasteiger partial charge >= 0.3 is 12.1 Å². The number of carbonyl (C=O) groups is 1. The van der Waals surface area contributed by atoms with Crippen molar-refractivity contribution in [3.05, 3.63) is 47.4 Å². The fourth-order valence-electron chi connectivity index (χ4n) is 9.18. The Bertz CT molecular complexity index is 2100. The van der Waals surface area contributed by atoms with Gasteiger partial charge in [0.1, 0.15) is 30.4 Å². The Morgan fingerprint density at radius 1 is 1.22 bits per heavy atom. The second-order valence-corrected chi connectivity index (χ2v) is 16.0. The number of benzene rings is 2. The molecular weight excluding hydrogens is 661 g/mol. The van der Waals surface area contributed by atoms with E-state index >= 15 is 4.39 Å². The van der Waals surface area contributed by atoms with Crippen LogP contribution in [0.4, 0.5) is 15.0 Å². The van der Waals surface area contributed by atoms with Gasteiger partial charge in [-0.05, 0) is 77.6 Å². The second kappa shape index (κ2) is 11.2. The highest BCUT2D eigenvalue weighted by Gasteiger charge is 2.52. The summed E-state index contributed by atoms with van der Waals surface area (Å²) in [5.41, 5.74) is 2.39. The van der Waals surface area contributed by atoms with E-state index in [0.29, 0.717) is 52.3 Å². The van der Waals surface area contributed by atoms with Crippen LogP contribution < -0.4 is 14.4 Å². The summed E-state index contributed by atoms with van der Waals surface area (Å²) in [4.78, 5) is 30.2. The number of ether oxygens (including phenoxy) is 3. The third-order valence-corrected chi connectivity index (χ3v) is 11.6. The van der Waals surface area contributed by atoms with Crippen LogP contribution in [0, 0.1) is 5.82 Å². The van der Waals surface area contributed by atoms with Crippen LogP contribution in [0.2, 0.25) is 5.02 Å². The number of fused-ring (bicyclic) bond motifs is 7. The average molecular weight is 702 g/mol. The van der Waals surface area contributed by atoms with Gasteiger partial charge < -0.3 is 19.1 Å². The Morgan fingerprint density at radius 2 is 2.06 bits per heavy atom. The third-order valence-electron chi connectivity index (χ3n) is 11.2. The van der Waals surface area contributed by atoms with Gasteiger partial charge in [-0.2, -0.15) is 15.1 Å². The number of hydrogen-bond donors (Lipinski definition) is 0. The number of halogens is 2. The lowest BCUT2D eigenvalue weighted by atomic mass is 9.94. The van der Waals surface area contributed by atoms with E-state index in [9.17, 15) is 4.79 Å². The molecule has 0 N–H and O–H groups in total. The molecule has 4 aromatic rings. The van der Waals surface area contributed by atoms with E-state index in [4.69, 9.17) is 35.8 Å². The van der Waals surface area contributed by atoms with Crippen LogP contribution in [0.5, 0.6) is 11.8 Å². The number of aromatic nitrogens is 4. The first-order chi connectivity index (χ1) is 23.9. The van der Waals surface area contributed by atoms with E-state index < -0.39 is 11.4 Å². The van der Waals surface area contributed by atoms with Gasteiger partial charge in [0.15, 0.2) is 5.75 Å². The number of hydrogen-bond acceptors (Lipinski definition) is 9. The fraction of sp³-hybridized carbons (Fsp3) is 0.514. The van der Waals surface area contributed by atoms with E-state index in [0.717, 1.165) is 50.6 Å². The van der Waals surface area contributed by atoms with Crippen LogP contribution in [0.15, 0.2) is 36.5 Å². The number of nitrogens with zero attached hydrogens (tertiary/aromatic N) is 7. The van der Waals surface area contributed by atoms with Gasteiger partial charge in [0.05, 0.1) is 51.3 Å². The SMILES string of the molecule is C=C1CN2CCC[C@@]2(COc2nc3c4c(c(Cl)c(-c5c(F)ccc6cnn(C)c56)cc4n2)OC[C@@H]2[C@@H]4CC[C@H](CN32)N4C(=O)OC(C)(C)C)C1. The van der Waals surface area contributed by atoms with Crippen molar-refractivity contribution in [1.29, 1.82) is 0 Å². The van der Waals surface area contributed by atoms with Crippen LogP contribution in [0.3, 0.4) is 0 Å². The molecule has 0 unspecified atom stereocenters. The molecule has 2 bridgehead atoms. The van der Waals surface area contributed by atoms with Crippen molar-refractivity contribution < 1.29 is 23.4 Å². The fourth-order valence-corrected chi connectivity index (χ4v) is 9.48. The van der Waals surface area contributed by atoms with Crippen LogP contribution in [-0.2, 0) is 11.8 Å². The monoisotopic (exact) mass is 701 g/mol. The first kappa shape index (κ1) is 31.8. The number of rotatable bonds is 4. The number of piperazine rings is 1. The van der Waals surface area contributed by atoms with E-state index in [1.165, 1.54) is 11.6 Å². The smallest absolute Gasteiger partial charge is 0.410 e. The summed E-state index contributed by atoms with van der Waals surface area (Å²) in [6.07, 6.45) is 6.06. The number of carbonyl (C=O) groups excluding carboxylic acids is 1. The first-order valence-corrected chi connectivity index (χ1v) is 17.9. The molecule has 7 heterocycles. The van der Waals surface area contributed by atoms with Crippen molar-refractivity contribution in [2.24, 2.45) is 7.05 Å². The highest BCUT2D eigenvalue weighted by atomic mass is 35.5. The zero-order valence-electron chi connectivity index (χ0n) is 28.8. The molecule has 9 rings (SSSR count). The van der Waals surface area contributed by atoms with Crippen molar-refractivity contribution in [1.82, 2.24) is 29.5 Å². The Balaban J connectivity index is 1.19. The summed E-state index contributed by atoms with van der Waals surface area (Å²) in [6.45, 7) is 13.0. The summed E-state index contributed by atoms with van der Waals surface area (Å²) in [7, 11) is 1.78. The zero-order valence-corrected chi connectivity index (χ0v) is 29.6. The topological polar surface area (TPSA) is 98.1 Å². The highest BCUT2D eigenvalue weighted by Crippen LogP contribution is 2.50. The Hall–Kier alpha value is -4.16. The Kier molecular flexibility index (Phi) is 7.10. The Labute approximate surface area is 294 Å². The normalized spacial score (nSPS) is 26.0. The van der Waals surface area contributed by atoms with Crippen molar-refractivity contribution in [3.63, 3.8) is 0 Å². The summed E-state index contributed by atoms with van der Waals surface area (Å²) < 4.78 is 36.6. The van der Waals surface area contributed by atoms with E-state index in [-0.39, 0.29) is 47.4 Å². The maximum atomic E-state index is 15.9. The van der Waals surface area contributed by atoms with Gasteiger partial charge in [-0.25, -0.2) is 9.18 Å². The minimum absolute atomic E-state index is 0.0660. The molecule has 4 saturated heterocycles. The van der Waals surface area contributed by atoms with Gasteiger partial charge in [-0.1, -0.05) is 23.8 Å². The lowest BCUT2D eigenvalue weighted by molar-refractivity contribution is 0.00545. The van der Waals surface area contributed by atoms with Crippen molar-refractivity contribution in [2.45, 2.75) is 82.1 Å². The van der Waals surface area contributed by atoms with Gasteiger partial charge in [-0.3, -0.25) is 14.5 Å². The van der Waals surface area contributed by atoms with Crippen LogP contribution in [0.25, 0.3) is 32.9 Å². The molecule has 0 aliphatic carbocycles. The van der Waals surface area contributed by atoms with Crippen LogP contribution in [-0.4, -0.2) is 97.8 Å². The molecule has 5 aliphatic heterocycles. The minimum atomic E-state index is -0.620. The molecule has 262 valence electrons. The minimum Gasteiger partial charge on any atom is -0.489 e. The van der Waals surface area contributed by atoms with Crippen LogP contribution >= 0.6 is 11.6 Å². The van der Waals surface area contributed by atoms with Gasteiger partial charge in [0.25, 0.3) is 0 Å². The predicted molar refractivity (Wildman–Crippen MR) is 189 cm³/mol. The molecule has 4 fully saturated rings. The predicted octanol–water partition coefficient (Wildman–Crippen LogP) is 6.50. The van der Waals surface area contributed by atoms with Gasteiger partial charge in [0.2, 0.25) is 0 Å². The lowest BCUT2D eigenvalue weighted by Crippen LogP contribution is -2.63. The summed E-state index contributed by atoms with van der Waals surface area (Å²) in [5, 5.41) is 6.09. The van der Waals surface area contributed by atoms with Crippen molar-refractivity contribution in [3.8, 4) is 22.9 Å². The van der Waals surface area contributed by atoms with Crippen LogP contribution in [0.1, 0.15) is 52.9 Å². The Morgan fingerprint density at radius 3 is 2.88 bits per heavy atom. The van der Waals surface area contributed by atoms with E-state index in [2.05, 4.69) is 21.5 Å². The lowest BCUT2D eigenvalue weighted by Gasteiger charge is -2.46. The standard InChI is InChI=1S/C37H41ClFN7O4/c1-20-14-37(11-6-12-44(37)16-20)19-49-34-41-25-13-23(28-24(39)9-7-21-15-40-43(5)31(21)28)30(38)32-29(25)33(42-34)45-17-22-8-10-26(27(45)18-48-32)46(22)35(47)50-36(2,3)4/h7,9,13,15,22,26-27H,1,6,8,10-12,14,16-19H2,2-5H3/t22-,26+,27-,37+/m1/s1. The molecule has 50 heavy (non-hydrogen) atoms. The van der Waals surface area contributed by atoms with Crippen molar-refractivity contribution in [2.75, 3.05) is 37.7 Å². The molecule has 0 saturated carbocycles. The largest absolute Gasteiger partial charge is 0.489 e. The van der Waals surface area contributed by atoms with E-state index in [1.54, 1.807) is 24.0 Å². The second-order valence-electron chi connectivity index (χ2n) is 15.6. The number of aryl methyl sites for hydroxylation is 1. The summed E-state index contributed by atoms with van der Waals surface area (Å²) >= 11 is 7.26. The number of anilines is 1. The average Bonchev–Trinajstić information content (AvgIpc) is 3.77. The van der Waals surface area contributed by atoms with Crippen molar-refractivity contribution >= 4 is 45.3 Å². The third kappa shape index (κ3) is 4.85. The molecule has 5 aliphatic rings. The molecule has 1 amide bonds. The molecule has 0 spiro atoms. The van der Waals surface area contributed by atoms with Gasteiger partial charge in [0, 0.05) is 36.7 Å². The maximum absolute atomic E-state index is 15.9. The molecular formula is C37H41ClFN7O4. The first-order valence-electron chi connectivity index (χ1n) is 17.5. The molecule has 13 heteroatoms. The molecule has 0 radical (unpaired) electrons.